The van der Waals surface area contributed by atoms with E-state index in [0.29, 0.717) is 25.9 Å². The predicted molar refractivity (Wildman–Crippen MR) is 137 cm³/mol. The molecule has 2 aromatic rings. The molecule has 7 nitrogen and oxygen atoms in total. The van der Waals surface area contributed by atoms with Gasteiger partial charge >= 0.3 is 0 Å². The van der Waals surface area contributed by atoms with Crippen molar-refractivity contribution in [1.82, 2.24) is 15.1 Å². The van der Waals surface area contributed by atoms with Gasteiger partial charge in [-0.05, 0) is 56.5 Å². The number of hydrogen-bond donors (Lipinski definition) is 1. The highest BCUT2D eigenvalue weighted by Crippen LogP contribution is 2.40. The van der Waals surface area contributed by atoms with Crippen LogP contribution in [-0.4, -0.2) is 65.2 Å². The summed E-state index contributed by atoms with van der Waals surface area (Å²) in [5, 5.41) is 2.82. The molecule has 2 aliphatic heterocycles. The number of benzene rings is 2. The number of para-hydroxylation sites is 1. The Balaban J connectivity index is 1.48. The van der Waals surface area contributed by atoms with Crippen LogP contribution in [0.15, 0.2) is 54.6 Å². The lowest BCUT2D eigenvalue weighted by Crippen LogP contribution is -2.58. The molecule has 0 saturated carbocycles. The summed E-state index contributed by atoms with van der Waals surface area (Å²) in [6.07, 6.45) is 0.942. The maximum Gasteiger partial charge on any atom is 0.250 e. The fraction of sp³-hybridized carbons (Fsp3) is 0.444. The number of carbonyl (C=O) groups excluding carboxylic acids is 3. The molecule has 0 radical (unpaired) electrons. The topological polar surface area (TPSA) is 73.0 Å². The Bertz CT molecular complexity index is 1100. The lowest BCUT2D eigenvalue weighted by molar-refractivity contribution is -0.144. The molecule has 2 heterocycles. The first kappa shape index (κ1) is 25.9. The highest BCUT2D eigenvalue weighted by atomic mass is 35.5. The molecule has 0 bridgehead atoms. The van der Waals surface area contributed by atoms with Crippen LogP contribution in [0.4, 0.5) is 10.1 Å². The molecular formula is C27H32ClFN4O3. The molecule has 2 aromatic carbocycles. The minimum atomic E-state index is -0.819. The first-order chi connectivity index (χ1) is 17.2. The molecule has 192 valence electrons. The van der Waals surface area contributed by atoms with Gasteiger partial charge in [0.1, 0.15) is 17.9 Å². The van der Waals surface area contributed by atoms with Crippen molar-refractivity contribution in [3.63, 3.8) is 0 Å². The van der Waals surface area contributed by atoms with Crippen LogP contribution in [0, 0.1) is 11.2 Å². The summed E-state index contributed by atoms with van der Waals surface area (Å²) in [6, 6.07) is 15.6. The van der Waals surface area contributed by atoms with Gasteiger partial charge in [0.2, 0.25) is 11.8 Å². The molecule has 2 aliphatic rings. The molecule has 0 unspecified atom stereocenters. The van der Waals surface area contributed by atoms with Crippen LogP contribution < -0.4 is 10.2 Å². The standard InChI is InChI=1S/C27H32ClFN4O3/c1-26(2,18-28)24(35)31-14-12-27(13-15-31)25(36)32(19-33(27)22-6-4-3-5-7-22)17-23(34)30-16-20-8-10-21(29)11-9-20/h3-11H,12-19H2,1-2H3,(H,30,34). The second kappa shape index (κ2) is 10.5. The van der Waals surface area contributed by atoms with Crippen molar-refractivity contribution in [2.24, 2.45) is 5.41 Å². The maximum absolute atomic E-state index is 13.8. The summed E-state index contributed by atoms with van der Waals surface area (Å²) < 4.78 is 13.1. The largest absolute Gasteiger partial charge is 0.350 e. The molecule has 0 aromatic heterocycles. The third kappa shape index (κ3) is 5.19. The number of piperidine rings is 1. The van der Waals surface area contributed by atoms with E-state index in [4.69, 9.17) is 11.6 Å². The number of nitrogens with zero attached hydrogens (tertiary/aromatic N) is 3. The summed E-state index contributed by atoms with van der Waals surface area (Å²) >= 11 is 6.02. The van der Waals surface area contributed by atoms with E-state index < -0.39 is 11.0 Å². The number of rotatable bonds is 7. The Morgan fingerprint density at radius 3 is 2.31 bits per heavy atom. The van der Waals surface area contributed by atoms with Crippen LogP contribution in [0.25, 0.3) is 0 Å². The SMILES string of the molecule is CC(C)(CCl)C(=O)N1CCC2(CC1)C(=O)N(CC(=O)NCc1ccc(F)cc1)CN2c1ccccc1. The van der Waals surface area contributed by atoms with E-state index in [0.717, 1.165) is 11.3 Å². The molecular weight excluding hydrogens is 483 g/mol. The summed E-state index contributed by atoms with van der Waals surface area (Å²) in [6.45, 7) is 5.01. The number of carbonyl (C=O) groups is 3. The first-order valence-corrected chi connectivity index (χ1v) is 12.7. The Morgan fingerprint density at radius 2 is 1.69 bits per heavy atom. The van der Waals surface area contributed by atoms with Gasteiger partial charge in [0.25, 0.3) is 5.91 Å². The van der Waals surface area contributed by atoms with Crippen LogP contribution in [0.1, 0.15) is 32.3 Å². The van der Waals surface area contributed by atoms with Crippen LogP contribution in [0.5, 0.6) is 0 Å². The van der Waals surface area contributed by atoms with Gasteiger partial charge in [0.05, 0.1) is 12.1 Å². The molecule has 1 N–H and O–H groups in total. The number of hydrogen-bond acceptors (Lipinski definition) is 4. The quantitative estimate of drug-likeness (QED) is 0.575. The van der Waals surface area contributed by atoms with Gasteiger partial charge in [0.15, 0.2) is 0 Å². The fourth-order valence-corrected chi connectivity index (χ4v) is 5.03. The van der Waals surface area contributed by atoms with Crippen molar-refractivity contribution in [3.05, 3.63) is 66.0 Å². The van der Waals surface area contributed by atoms with Crippen LogP contribution >= 0.6 is 11.6 Å². The van der Waals surface area contributed by atoms with Crippen molar-refractivity contribution in [1.29, 1.82) is 0 Å². The van der Waals surface area contributed by atoms with E-state index in [-0.39, 0.29) is 49.2 Å². The maximum atomic E-state index is 13.8. The first-order valence-electron chi connectivity index (χ1n) is 12.1. The van der Waals surface area contributed by atoms with E-state index in [2.05, 4.69) is 10.2 Å². The van der Waals surface area contributed by atoms with Gasteiger partial charge < -0.3 is 20.0 Å². The monoisotopic (exact) mass is 514 g/mol. The second-order valence-electron chi connectivity index (χ2n) is 10.2. The predicted octanol–water partition coefficient (Wildman–Crippen LogP) is 3.37. The number of likely N-dealkylation sites (tertiary alicyclic amines) is 1. The Hall–Kier alpha value is -3.13. The molecule has 2 fully saturated rings. The van der Waals surface area contributed by atoms with E-state index in [9.17, 15) is 18.8 Å². The van der Waals surface area contributed by atoms with Crippen molar-refractivity contribution in [2.45, 2.75) is 38.8 Å². The molecule has 0 aliphatic carbocycles. The van der Waals surface area contributed by atoms with Crippen molar-refractivity contribution >= 4 is 35.0 Å². The lowest BCUT2D eigenvalue weighted by Gasteiger charge is -2.44. The Kier molecular flexibility index (Phi) is 7.54. The average molecular weight is 515 g/mol. The van der Waals surface area contributed by atoms with Crippen LogP contribution in [-0.2, 0) is 20.9 Å². The van der Waals surface area contributed by atoms with Crippen LogP contribution in [0.2, 0.25) is 0 Å². The molecule has 1 spiro atoms. The van der Waals surface area contributed by atoms with Gasteiger partial charge in [-0.1, -0.05) is 30.3 Å². The minimum Gasteiger partial charge on any atom is -0.350 e. The van der Waals surface area contributed by atoms with Crippen molar-refractivity contribution in [2.75, 3.05) is 37.1 Å². The zero-order valence-electron chi connectivity index (χ0n) is 20.7. The number of anilines is 1. The molecule has 0 atom stereocenters. The smallest absolute Gasteiger partial charge is 0.250 e. The summed E-state index contributed by atoms with van der Waals surface area (Å²) in [5.74, 6) is -0.510. The number of amides is 3. The van der Waals surface area contributed by atoms with Crippen molar-refractivity contribution < 1.29 is 18.8 Å². The zero-order chi connectivity index (χ0) is 25.9. The zero-order valence-corrected chi connectivity index (χ0v) is 21.4. The number of nitrogens with one attached hydrogen (secondary N) is 1. The highest BCUT2D eigenvalue weighted by molar-refractivity contribution is 6.19. The number of halogens is 2. The molecule has 3 amide bonds. The third-order valence-corrected chi connectivity index (χ3v) is 7.78. The van der Waals surface area contributed by atoms with Crippen LogP contribution in [0.3, 0.4) is 0 Å². The molecule has 2 saturated heterocycles. The van der Waals surface area contributed by atoms with E-state index in [1.165, 1.54) is 12.1 Å². The Morgan fingerprint density at radius 1 is 1.06 bits per heavy atom. The van der Waals surface area contributed by atoms with E-state index in [1.54, 1.807) is 21.9 Å². The fourth-order valence-electron chi connectivity index (χ4n) is 4.92. The Labute approximate surface area is 216 Å². The van der Waals surface area contributed by atoms with Gasteiger partial charge in [-0.2, -0.15) is 0 Å². The summed E-state index contributed by atoms with van der Waals surface area (Å²) in [5.41, 5.74) is 0.192. The van der Waals surface area contributed by atoms with E-state index in [1.807, 2.05) is 44.2 Å². The highest BCUT2D eigenvalue weighted by Gasteiger charge is 2.54. The second-order valence-corrected chi connectivity index (χ2v) is 10.4. The summed E-state index contributed by atoms with van der Waals surface area (Å²) in [4.78, 5) is 44.9. The minimum absolute atomic E-state index is 0.0129. The van der Waals surface area contributed by atoms with Gasteiger partial charge in [0, 0.05) is 31.2 Å². The number of alkyl halides is 1. The van der Waals surface area contributed by atoms with E-state index >= 15 is 0 Å². The average Bonchev–Trinajstić information content (AvgIpc) is 3.15. The molecule has 4 rings (SSSR count). The molecule has 36 heavy (non-hydrogen) atoms. The summed E-state index contributed by atoms with van der Waals surface area (Å²) in [7, 11) is 0. The third-order valence-electron chi connectivity index (χ3n) is 7.11. The van der Waals surface area contributed by atoms with Gasteiger partial charge in [-0.15, -0.1) is 11.6 Å². The van der Waals surface area contributed by atoms with Crippen molar-refractivity contribution in [3.8, 4) is 0 Å². The lowest BCUT2D eigenvalue weighted by atomic mass is 9.84. The normalized spacial score (nSPS) is 17.6. The van der Waals surface area contributed by atoms with Gasteiger partial charge in [-0.3, -0.25) is 14.4 Å². The molecule has 9 heteroatoms. The van der Waals surface area contributed by atoms with Gasteiger partial charge in [-0.25, -0.2) is 4.39 Å².